The molecule has 24 heavy (non-hydrogen) atoms. The molecule has 0 bridgehead atoms. The lowest BCUT2D eigenvalue weighted by Gasteiger charge is -2.25. The van der Waals surface area contributed by atoms with E-state index in [9.17, 15) is 9.59 Å². The third kappa shape index (κ3) is 4.38. The van der Waals surface area contributed by atoms with Gasteiger partial charge in [0.15, 0.2) is 0 Å². The Morgan fingerprint density at radius 3 is 2.62 bits per heavy atom. The van der Waals surface area contributed by atoms with Gasteiger partial charge in [0.25, 0.3) is 5.91 Å². The zero-order valence-corrected chi connectivity index (χ0v) is 14.9. The summed E-state index contributed by atoms with van der Waals surface area (Å²) in [6.45, 7) is 4.39. The van der Waals surface area contributed by atoms with Gasteiger partial charge in [-0.1, -0.05) is 48.7 Å². The SMILES string of the molecule is CCc1nnsc1C(=O)N(Cc1ccccc1)C[C@@H](C)C(=O)OC. The van der Waals surface area contributed by atoms with Gasteiger partial charge in [-0.15, -0.1) is 5.10 Å². The third-order valence-electron chi connectivity index (χ3n) is 3.69. The highest BCUT2D eigenvalue weighted by Crippen LogP contribution is 2.18. The number of methoxy groups -OCH3 is 1. The lowest BCUT2D eigenvalue weighted by atomic mass is 10.1. The van der Waals surface area contributed by atoms with Crippen LogP contribution in [0.1, 0.15) is 34.8 Å². The van der Waals surface area contributed by atoms with Crippen LogP contribution in [0.4, 0.5) is 0 Å². The fraction of sp³-hybridized carbons (Fsp3) is 0.412. The quantitative estimate of drug-likeness (QED) is 0.720. The Balaban J connectivity index is 2.24. The second kappa shape index (κ2) is 8.54. The first-order valence-electron chi connectivity index (χ1n) is 7.79. The molecule has 7 heteroatoms. The summed E-state index contributed by atoms with van der Waals surface area (Å²) in [4.78, 5) is 26.9. The number of hydrogen-bond donors (Lipinski definition) is 0. The van der Waals surface area contributed by atoms with Crippen LogP contribution >= 0.6 is 11.5 Å². The Bertz CT molecular complexity index is 687. The summed E-state index contributed by atoms with van der Waals surface area (Å²) >= 11 is 1.09. The van der Waals surface area contributed by atoms with Crippen LogP contribution in [0.5, 0.6) is 0 Å². The highest BCUT2D eigenvalue weighted by Gasteiger charge is 2.26. The summed E-state index contributed by atoms with van der Waals surface area (Å²) in [5, 5.41) is 4.01. The Labute approximate surface area is 145 Å². The van der Waals surface area contributed by atoms with Crippen LogP contribution in [-0.2, 0) is 22.5 Å². The van der Waals surface area contributed by atoms with Gasteiger partial charge in [-0.3, -0.25) is 9.59 Å². The largest absolute Gasteiger partial charge is 0.469 e. The molecule has 2 rings (SSSR count). The van der Waals surface area contributed by atoms with Crippen LogP contribution in [0.3, 0.4) is 0 Å². The zero-order valence-electron chi connectivity index (χ0n) is 14.1. The molecule has 0 saturated carbocycles. The highest BCUT2D eigenvalue weighted by atomic mass is 32.1. The summed E-state index contributed by atoms with van der Waals surface area (Å²) in [7, 11) is 1.35. The van der Waals surface area contributed by atoms with E-state index >= 15 is 0 Å². The first-order valence-corrected chi connectivity index (χ1v) is 8.56. The van der Waals surface area contributed by atoms with Gasteiger partial charge in [0.1, 0.15) is 4.88 Å². The Morgan fingerprint density at radius 2 is 2.00 bits per heavy atom. The molecule has 0 saturated heterocycles. The Kier molecular flexibility index (Phi) is 6.43. The molecule has 0 spiro atoms. The van der Waals surface area contributed by atoms with E-state index in [1.165, 1.54) is 7.11 Å². The molecule has 0 radical (unpaired) electrons. The van der Waals surface area contributed by atoms with Gasteiger partial charge in [-0.2, -0.15) is 0 Å². The van der Waals surface area contributed by atoms with Crippen LogP contribution in [0, 0.1) is 5.92 Å². The number of carbonyl (C=O) groups excluding carboxylic acids is 2. The molecular weight excluding hydrogens is 326 g/mol. The number of nitrogens with zero attached hydrogens (tertiary/aromatic N) is 3. The number of esters is 1. The van der Waals surface area contributed by atoms with Crippen molar-refractivity contribution >= 4 is 23.4 Å². The van der Waals surface area contributed by atoms with Crippen molar-refractivity contribution in [1.29, 1.82) is 0 Å². The minimum atomic E-state index is -0.409. The predicted molar refractivity (Wildman–Crippen MR) is 91.6 cm³/mol. The van der Waals surface area contributed by atoms with Crippen LogP contribution in [0.2, 0.25) is 0 Å². The summed E-state index contributed by atoms with van der Waals surface area (Å²) in [6.07, 6.45) is 0.642. The molecule has 0 aliphatic carbocycles. The van der Waals surface area contributed by atoms with E-state index in [-0.39, 0.29) is 18.4 Å². The van der Waals surface area contributed by atoms with Crippen molar-refractivity contribution < 1.29 is 14.3 Å². The number of benzene rings is 1. The molecule has 128 valence electrons. The number of ether oxygens (including phenoxy) is 1. The zero-order chi connectivity index (χ0) is 17.5. The van der Waals surface area contributed by atoms with E-state index in [0.29, 0.717) is 23.5 Å². The van der Waals surface area contributed by atoms with Gasteiger partial charge < -0.3 is 9.64 Å². The second-order valence-corrected chi connectivity index (χ2v) is 6.25. The molecular formula is C17H21N3O3S. The van der Waals surface area contributed by atoms with Gasteiger partial charge in [-0.25, -0.2) is 0 Å². The molecule has 0 unspecified atom stereocenters. The fourth-order valence-electron chi connectivity index (χ4n) is 2.38. The minimum Gasteiger partial charge on any atom is -0.469 e. The molecule has 2 aromatic rings. The first kappa shape index (κ1) is 18.1. The van der Waals surface area contributed by atoms with E-state index in [0.717, 1.165) is 17.1 Å². The number of amides is 1. The van der Waals surface area contributed by atoms with Gasteiger partial charge in [0, 0.05) is 13.1 Å². The number of aromatic nitrogens is 2. The molecule has 0 aliphatic rings. The van der Waals surface area contributed by atoms with E-state index in [2.05, 4.69) is 9.59 Å². The monoisotopic (exact) mass is 347 g/mol. The topological polar surface area (TPSA) is 72.4 Å². The van der Waals surface area contributed by atoms with E-state index in [4.69, 9.17) is 4.74 Å². The lowest BCUT2D eigenvalue weighted by molar-refractivity contribution is -0.145. The van der Waals surface area contributed by atoms with E-state index in [1.54, 1.807) is 11.8 Å². The van der Waals surface area contributed by atoms with Crippen molar-refractivity contribution in [3.8, 4) is 0 Å². The lowest BCUT2D eigenvalue weighted by Crippen LogP contribution is -2.37. The highest BCUT2D eigenvalue weighted by molar-refractivity contribution is 7.08. The maximum atomic E-state index is 12.9. The maximum absolute atomic E-state index is 12.9. The van der Waals surface area contributed by atoms with Crippen LogP contribution in [-0.4, -0.2) is 40.0 Å². The van der Waals surface area contributed by atoms with Crippen molar-refractivity contribution in [1.82, 2.24) is 14.5 Å². The van der Waals surface area contributed by atoms with Crippen molar-refractivity contribution in [3.63, 3.8) is 0 Å². The van der Waals surface area contributed by atoms with Crippen LogP contribution in [0.15, 0.2) is 30.3 Å². The summed E-state index contributed by atoms with van der Waals surface area (Å²) in [5.41, 5.74) is 1.69. The molecule has 0 N–H and O–H groups in total. The standard InChI is InChI=1S/C17H21N3O3S/c1-4-14-15(24-19-18-14)16(21)20(10-12(2)17(22)23-3)11-13-8-6-5-7-9-13/h5-9,12H,4,10-11H2,1-3H3/t12-/m1/s1. The third-order valence-corrected chi connectivity index (χ3v) is 4.44. The van der Waals surface area contributed by atoms with Gasteiger partial charge in [-0.05, 0) is 23.5 Å². The maximum Gasteiger partial charge on any atom is 0.310 e. The molecule has 0 fully saturated rings. The van der Waals surface area contributed by atoms with Crippen LogP contribution < -0.4 is 0 Å². The first-order chi connectivity index (χ1) is 11.6. The summed E-state index contributed by atoms with van der Waals surface area (Å²) < 4.78 is 8.67. The van der Waals surface area contributed by atoms with Crippen molar-refractivity contribution in [2.24, 2.45) is 5.92 Å². The smallest absolute Gasteiger partial charge is 0.310 e. The molecule has 1 heterocycles. The average Bonchev–Trinajstić information content (AvgIpc) is 3.09. The molecule has 1 aromatic heterocycles. The minimum absolute atomic E-state index is 0.151. The van der Waals surface area contributed by atoms with E-state index in [1.807, 2.05) is 37.3 Å². The number of hydrogen-bond acceptors (Lipinski definition) is 6. The summed E-state index contributed by atoms with van der Waals surface area (Å²) in [6, 6.07) is 9.68. The molecule has 6 nitrogen and oxygen atoms in total. The Hall–Kier alpha value is -2.28. The number of rotatable bonds is 7. The molecule has 1 amide bonds. The van der Waals surface area contributed by atoms with Crippen LogP contribution in [0.25, 0.3) is 0 Å². The van der Waals surface area contributed by atoms with Crippen molar-refractivity contribution in [2.75, 3.05) is 13.7 Å². The summed E-state index contributed by atoms with van der Waals surface area (Å²) in [5.74, 6) is -0.894. The van der Waals surface area contributed by atoms with Gasteiger partial charge in [0.2, 0.25) is 0 Å². The average molecular weight is 347 g/mol. The van der Waals surface area contributed by atoms with E-state index < -0.39 is 5.92 Å². The van der Waals surface area contributed by atoms with Gasteiger partial charge >= 0.3 is 5.97 Å². The predicted octanol–water partition coefficient (Wildman–Crippen LogP) is 2.55. The molecule has 1 aromatic carbocycles. The normalized spacial score (nSPS) is 11.8. The van der Waals surface area contributed by atoms with Gasteiger partial charge in [0.05, 0.1) is 18.7 Å². The van der Waals surface area contributed by atoms with Crippen molar-refractivity contribution in [3.05, 3.63) is 46.5 Å². The molecule has 1 atom stereocenters. The second-order valence-electron chi connectivity index (χ2n) is 5.50. The van der Waals surface area contributed by atoms with Crippen molar-refractivity contribution in [2.45, 2.75) is 26.8 Å². The fourth-order valence-corrected chi connectivity index (χ4v) is 3.09. The Morgan fingerprint density at radius 1 is 1.29 bits per heavy atom. The molecule has 0 aliphatic heterocycles. The number of aryl methyl sites for hydroxylation is 1. The number of carbonyl (C=O) groups is 2.